The van der Waals surface area contributed by atoms with Crippen molar-refractivity contribution in [2.75, 3.05) is 20.3 Å². The van der Waals surface area contributed by atoms with Crippen molar-refractivity contribution in [3.8, 4) is 0 Å². The van der Waals surface area contributed by atoms with Gasteiger partial charge in [-0.3, -0.25) is 4.79 Å². The van der Waals surface area contributed by atoms with E-state index in [0.29, 0.717) is 13.0 Å². The summed E-state index contributed by atoms with van der Waals surface area (Å²) < 4.78 is 5.49. The molecule has 1 aliphatic rings. The van der Waals surface area contributed by atoms with Crippen molar-refractivity contribution in [1.29, 1.82) is 0 Å². The minimum Gasteiger partial charge on any atom is -0.498 e. The molecule has 0 aliphatic carbocycles. The number of hydrogen-bond donors (Lipinski definition) is 1. The first-order chi connectivity index (χ1) is 10.1. The Labute approximate surface area is 126 Å². The Hall–Kier alpha value is -1.81. The zero-order valence-electron chi connectivity index (χ0n) is 12.7. The number of hydrogen-bond acceptors (Lipinski definition) is 3. The summed E-state index contributed by atoms with van der Waals surface area (Å²) in [5.74, 6) is 0.725. The van der Waals surface area contributed by atoms with E-state index in [1.165, 1.54) is 0 Å². The van der Waals surface area contributed by atoms with Gasteiger partial charge in [0.2, 0.25) is 0 Å². The van der Waals surface area contributed by atoms with Gasteiger partial charge in [-0.1, -0.05) is 30.3 Å². The van der Waals surface area contributed by atoms with Crippen molar-refractivity contribution in [3.63, 3.8) is 0 Å². The van der Waals surface area contributed by atoms with Gasteiger partial charge < -0.3 is 14.7 Å². The summed E-state index contributed by atoms with van der Waals surface area (Å²) in [4.78, 5) is 14.4. The van der Waals surface area contributed by atoms with Crippen LogP contribution in [-0.4, -0.2) is 36.2 Å². The van der Waals surface area contributed by atoms with E-state index in [2.05, 4.69) is 0 Å². The zero-order valence-corrected chi connectivity index (χ0v) is 12.7. The molecule has 0 aromatic heterocycles. The van der Waals surface area contributed by atoms with Crippen LogP contribution in [0.15, 0.2) is 41.7 Å². The Morgan fingerprint density at radius 3 is 2.71 bits per heavy atom. The molecule has 1 aromatic carbocycles. The second-order valence-corrected chi connectivity index (χ2v) is 5.34. The molecule has 0 radical (unpaired) electrons. The lowest BCUT2D eigenvalue weighted by Crippen LogP contribution is -2.34. The minimum atomic E-state index is -0.120. The molecule has 0 bridgehead atoms. The fourth-order valence-corrected chi connectivity index (χ4v) is 2.73. The van der Waals surface area contributed by atoms with Gasteiger partial charge in [-0.05, 0) is 31.7 Å². The van der Waals surface area contributed by atoms with Gasteiger partial charge in [-0.25, -0.2) is 0 Å². The highest BCUT2D eigenvalue weighted by atomic mass is 16.5. The molecule has 2 rings (SSSR count). The number of carbonyl (C=O) groups is 1. The van der Waals surface area contributed by atoms with Crippen molar-refractivity contribution in [1.82, 2.24) is 4.90 Å². The number of likely N-dealkylation sites (N-methyl/N-ethyl adjacent to an activating group) is 1. The number of rotatable bonds is 5. The fraction of sp³-hybridized carbons (Fsp3) is 0.471. The highest BCUT2D eigenvalue weighted by molar-refractivity contribution is 5.94. The summed E-state index contributed by atoms with van der Waals surface area (Å²) in [5, 5.41) is 9.32. The standard InChI is InChI=1S/C17H23NO3/c1-13-15(9-6-12-21-13)17(20)18(2)16(10-11-19)14-7-4-3-5-8-14/h3-5,7-8,16,19H,6,9-12H2,1-2H3. The molecule has 1 unspecified atom stereocenters. The fourth-order valence-electron chi connectivity index (χ4n) is 2.73. The predicted molar refractivity (Wildman–Crippen MR) is 81.5 cm³/mol. The molecule has 1 aliphatic heterocycles. The molecule has 0 saturated heterocycles. The van der Waals surface area contributed by atoms with Gasteiger partial charge in [0, 0.05) is 13.7 Å². The summed E-state index contributed by atoms with van der Waals surface area (Å²) in [7, 11) is 1.80. The molecule has 114 valence electrons. The van der Waals surface area contributed by atoms with Crippen molar-refractivity contribution in [3.05, 3.63) is 47.2 Å². The monoisotopic (exact) mass is 289 g/mol. The average Bonchev–Trinajstić information content (AvgIpc) is 2.52. The van der Waals surface area contributed by atoms with Gasteiger partial charge in [0.05, 0.1) is 18.2 Å². The molecule has 4 nitrogen and oxygen atoms in total. The van der Waals surface area contributed by atoms with Gasteiger partial charge in [0.15, 0.2) is 0 Å². The van der Waals surface area contributed by atoms with Crippen LogP contribution < -0.4 is 0 Å². The SMILES string of the molecule is CC1=C(C(=O)N(C)C(CCO)c2ccccc2)CCCO1. The van der Waals surface area contributed by atoms with Crippen LogP contribution in [0.1, 0.15) is 37.8 Å². The zero-order chi connectivity index (χ0) is 15.2. The van der Waals surface area contributed by atoms with Crippen LogP contribution in [0.2, 0.25) is 0 Å². The highest BCUT2D eigenvalue weighted by Gasteiger charge is 2.26. The van der Waals surface area contributed by atoms with Gasteiger partial charge in [-0.15, -0.1) is 0 Å². The van der Waals surface area contributed by atoms with Crippen molar-refractivity contribution in [2.45, 2.75) is 32.2 Å². The first-order valence-electron chi connectivity index (χ1n) is 7.40. The summed E-state index contributed by atoms with van der Waals surface area (Å²) in [5.41, 5.74) is 1.79. The maximum atomic E-state index is 12.7. The lowest BCUT2D eigenvalue weighted by atomic mass is 10.00. The van der Waals surface area contributed by atoms with E-state index in [4.69, 9.17) is 4.74 Å². The maximum absolute atomic E-state index is 12.7. The van der Waals surface area contributed by atoms with Crippen molar-refractivity contribution in [2.24, 2.45) is 0 Å². The molecule has 0 saturated carbocycles. The molecular formula is C17H23NO3. The van der Waals surface area contributed by atoms with Crippen molar-refractivity contribution >= 4 is 5.91 Å². The molecule has 1 heterocycles. The van der Waals surface area contributed by atoms with Crippen LogP contribution in [0.3, 0.4) is 0 Å². The quantitative estimate of drug-likeness (QED) is 0.906. The molecule has 4 heteroatoms. The smallest absolute Gasteiger partial charge is 0.253 e. The van der Waals surface area contributed by atoms with Crippen LogP contribution in [0.5, 0.6) is 0 Å². The van der Waals surface area contributed by atoms with E-state index >= 15 is 0 Å². The van der Waals surface area contributed by atoms with Crippen LogP contribution in [0.25, 0.3) is 0 Å². The molecule has 1 aromatic rings. The third kappa shape index (κ3) is 3.64. The average molecular weight is 289 g/mol. The van der Waals surface area contributed by atoms with E-state index in [0.717, 1.165) is 29.7 Å². The molecule has 21 heavy (non-hydrogen) atoms. The number of ether oxygens (including phenoxy) is 1. The number of allylic oxidation sites excluding steroid dienone is 1. The third-order valence-electron chi connectivity index (χ3n) is 3.95. The molecule has 0 fully saturated rings. The molecule has 0 spiro atoms. The first-order valence-corrected chi connectivity index (χ1v) is 7.40. The first kappa shape index (κ1) is 15.6. The van der Waals surface area contributed by atoms with Crippen LogP contribution in [0.4, 0.5) is 0 Å². The number of aliphatic hydroxyl groups is 1. The van der Waals surface area contributed by atoms with Gasteiger partial charge in [0.25, 0.3) is 5.91 Å². The highest BCUT2D eigenvalue weighted by Crippen LogP contribution is 2.27. The summed E-state index contributed by atoms with van der Waals surface area (Å²) in [6, 6.07) is 9.71. The van der Waals surface area contributed by atoms with E-state index in [1.54, 1.807) is 11.9 Å². The van der Waals surface area contributed by atoms with E-state index in [-0.39, 0.29) is 18.6 Å². The molecular weight excluding hydrogens is 266 g/mol. The van der Waals surface area contributed by atoms with Crippen LogP contribution in [-0.2, 0) is 9.53 Å². The largest absolute Gasteiger partial charge is 0.498 e. The number of carbonyl (C=O) groups excluding carboxylic acids is 1. The van der Waals surface area contributed by atoms with Gasteiger partial charge in [0.1, 0.15) is 5.76 Å². The van der Waals surface area contributed by atoms with Crippen LogP contribution >= 0.6 is 0 Å². The number of aliphatic hydroxyl groups excluding tert-OH is 1. The normalized spacial score (nSPS) is 16.3. The lowest BCUT2D eigenvalue weighted by molar-refractivity contribution is -0.129. The lowest BCUT2D eigenvalue weighted by Gasteiger charge is -2.30. The third-order valence-corrected chi connectivity index (χ3v) is 3.95. The summed E-state index contributed by atoms with van der Waals surface area (Å²) in [6.07, 6.45) is 2.16. The van der Waals surface area contributed by atoms with E-state index in [1.807, 2.05) is 37.3 Å². The Bertz CT molecular complexity index is 510. The Morgan fingerprint density at radius 2 is 2.10 bits per heavy atom. The summed E-state index contributed by atoms with van der Waals surface area (Å²) in [6.45, 7) is 2.58. The van der Waals surface area contributed by atoms with Crippen LogP contribution in [0, 0.1) is 0 Å². The second-order valence-electron chi connectivity index (χ2n) is 5.34. The van der Waals surface area contributed by atoms with Gasteiger partial charge >= 0.3 is 0 Å². The topological polar surface area (TPSA) is 49.8 Å². The van der Waals surface area contributed by atoms with E-state index in [9.17, 15) is 9.90 Å². The predicted octanol–water partition coefficient (Wildman–Crippen LogP) is 2.65. The van der Waals surface area contributed by atoms with Crippen molar-refractivity contribution < 1.29 is 14.6 Å². The Morgan fingerprint density at radius 1 is 1.38 bits per heavy atom. The molecule has 1 N–H and O–H groups in total. The number of nitrogens with zero attached hydrogens (tertiary/aromatic N) is 1. The minimum absolute atomic E-state index is 0.00509. The maximum Gasteiger partial charge on any atom is 0.253 e. The van der Waals surface area contributed by atoms with E-state index < -0.39 is 0 Å². The number of amides is 1. The Balaban J connectivity index is 2.22. The Kier molecular flexibility index (Phi) is 5.39. The van der Waals surface area contributed by atoms with Gasteiger partial charge in [-0.2, -0.15) is 0 Å². The molecule has 1 atom stereocenters. The number of benzene rings is 1. The summed E-state index contributed by atoms with van der Waals surface area (Å²) >= 11 is 0. The second kappa shape index (κ2) is 7.27. The molecule has 1 amide bonds.